The van der Waals surface area contributed by atoms with E-state index in [1.54, 1.807) is 36.7 Å². The summed E-state index contributed by atoms with van der Waals surface area (Å²) in [5.74, 6) is 0.973. The number of nitrogens with one attached hydrogen (secondary N) is 1. The van der Waals surface area contributed by atoms with Crippen molar-refractivity contribution in [1.29, 1.82) is 0 Å². The highest BCUT2D eigenvalue weighted by Gasteiger charge is 2.37. The summed E-state index contributed by atoms with van der Waals surface area (Å²) in [5.41, 5.74) is 8.63. The molecule has 1 fully saturated rings. The van der Waals surface area contributed by atoms with Crippen molar-refractivity contribution in [3.63, 3.8) is 0 Å². The van der Waals surface area contributed by atoms with Gasteiger partial charge in [-0.2, -0.15) is 5.10 Å². The highest BCUT2D eigenvalue weighted by Crippen LogP contribution is 2.35. The fraction of sp³-hybridized carbons (Fsp3) is 0.345. The predicted octanol–water partition coefficient (Wildman–Crippen LogP) is 4.73. The van der Waals surface area contributed by atoms with E-state index in [1.165, 1.54) is 0 Å². The van der Waals surface area contributed by atoms with Crippen LogP contribution in [-0.4, -0.2) is 40.4 Å². The maximum Gasteiger partial charge on any atom is 0.228 e. The van der Waals surface area contributed by atoms with E-state index < -0.39 is 15.1 Å². The number of nitrogens with zero attached hydrogens (tertiary/aromatic N) is 3. The van der Waals surface area contributed by atoms with Gasteiger partial charge in [-0.3, -0.25) is 14.5 Å². The Balaban J connectivity index is 1.32. The number of pyridine rings is 1. The first-order chi connectivity index (χ1) is 18.4. The van der Waals surface area contributed by atoms with Crippen LogP contribution in [0.15, 0.2) is 66.0 Å². The number of aryl methyl sites for hydroxylation is 1. The minimum atomic E-state index is -3.48. The summed E-state index contributed by atoms with van der Waals surface area (Å²) in [6.45, 7) is 8.03. The number of hydrogen-bond donors (Lipinski definition) is 2. The van der Waals surface area contributed by atoms with Gasteiger partial charge < -0.3 is 15.8 Å². The molecule has 39 heavy (non-hydrogen) atoms. The molecule has 1 aliphatic carbocycles. The topological polar surface area (TPSA) is 129 Å². The molecule has 0 spiro atoms. The normalized spacial score (nSPS) is 17.6. The minimum absolute atomic E-state index is 0.0599. The van der Waals surface area contributed by atoms with Gasteiger partial charge in [-0.1, -0.05) is 12.1 Å². The molecule has 2 aromatic carbocycles. The Bertz CT molecular complexity index is 1650. The third-order valence-corrected chi connectivity index (χ3v) is 9.12. The van der Waals surface area contributed by atoms with E-state index in [2.05, 4.69) is 15.4 Å². The first-order valence-electron chi connectivity index (χ1n) is 12.9. The standard InChI is InChI=1S/C29H33N5O4S/c1-18-11-19(12-28(35)33-21-16-32-34(17-21)29(2,3)4)5-8-26(18)38-27-9-10-31-25-7-6-22(15-24(25)27)39(36,37)23-13-20(30)14-23/h5-11,15-17,20,23H,12-14,30H2,1-4H3,(H,33,35). The Morgan fingerprint density at radius 3 is 2.56 bits per heavy atom. The van der Waals surface area contributed by atoms with Crippen molar-refractivity contribution in [2.24, 2.45) is 5.73 Å². The molecule has 5 rings (SSSR count). The Kier molecular flexibility index (Phi) is 6.94. The van der Waals surface area contributed by atoms with E-state index in [9.17, 15) is 13.2 Å². The average Bonchev–Trinajstić information content (AvgIpc) is 3.32. The quantitative estimate of drug-likeness (QED) is 0.342. The van der Waals surface area contributed by atoms with Crippen molar-refractivity contribution in [3.8, 4) is 11.5 Å². The molecule has 2 heterocycles. The van der Waals surface area contributed by atoms with E-state index in [1.807, 2.05) is 56.8 Å². The molecule has 1 aliphatic rings. The third kappa shape index (κ3) is 5.67. The summed E-state index contributed by atoms with van der Waals surface area (Å²) in [7, 11) is -3.48. The van der Waals surface area contributed by atoms with Crippen LogP contribution in [0.4, 0.5) is 5.69 Å². The zero-order chi connectivity index (χ0) is 27.9. The van der Waals surface area contributed by atoms with Gasteiger partial charge in [0.05, 0.1) is 39.5 Å². The van der Waals surface area contributed by atoms with E-state index in [-0.39, 0.29) is 28.8 Å². The highest BCUT2D eigenvalue weighted by molar-refractivity contribution is 7.92. The van der Waals surface area contributed by atoms with Crippen molar-refractivity contribution in [1.82, 2.24) is 14.8 Å². The van der Waals surface area contributed by atoms with Crippen LogP contribution in [-0.2, 0) is 26.6 Å². The number of nitrogens with two attached hydrogens (primary N) is 1. The number of aromatic nitrogens is 3. The summed E-state index contributed by atoms with van der Waals surface area (Å²) in [6.07, 6.45) is 6.24. The Labute approximate surface area is 228 Å². The van der Waals surface area contributed by atoms with Gasteiger partial charge in [0, 0.05) is 23.8 Å². The minimum Gasteiger partial charge on any atom is -0.456 e. The molecule has 1 saturated carbocycles. The number of amides is 1. The Morgan fingerprint density at radius 2 is 1.90 bits per heavy atom. The first kappa shape index (κ1) is 26.8. The summed E-state index contributed by atoms with van der Waals surface area (Å²) >= 11 is 0. The van der Waals surface area contributed by atoms with Crippen LogP contribution in [0.1, 0.15) is 44.7 Å². The van der Waals surface area contributed by atoms with Gasteiger partial charge in [-0.25, -0.2) is 8.42 Å². The van der Waals surface area contributed by atoms with Crippen molar-refractivity contribution in [2.45, 2.75) is 68.7 Å². The average molecular weight is 548 g/mol. The molecule has 9 nitrogen and oxygen atoms in total. The van der Waals surface area contributed by atoms with Gasteiger partial charge in [-0.15, -0.1) is 0 Å². The number of ether oxygens (including phenoxy) is 1. The number of benzene rings is 2. The van der Waals surface area contributed by atoms with Gasteiger partial charge in [0.1, 0.15) is 11.5 Å². The monoisotopic (exact) mass is 547 g/mol. The zero-order valence-electron chi connectivity index (χ0n) is 22.5. The maximum absolute atomic E-state index is 13.1. The van der Waals surface area contributed by atoms with Gasteiger partial charge in [-0.05, 0) is 82.0 Å². The van der Waals surface area contributed by atoms with E-state index in [4.69, 9.17) is 10.5 Å². The van der Waals surface area contributed by atoms with Gasteiger partial charge in [0.2, 0.25) is 5.91 Å². The number of anilines is 1. The van der Waals surface area contributed by atoms with Gasteiger partial charge in [0.25, 0.3) is 0 Å². The molecule has 0 bridgehead atoms. The van der Waals surface area contributed by atoms with Crippen molar-refractivity contribution < 1.29 is 17.9 Å². The molecule has 0 saturated heterocycles. The molecule has 4 aromatic rings. The first-order valence-corrected chi connectivity index (χ1v) is 14.5. The summed E-state index contributed by atoms with van der Waals surface area (Å²) in [5, 5.41) is 7.37. The van der Waals surface area contributed by atoms with Crippen LogP contribution in [0, 0.1) is 6.92 Å². The summed E-state index contributed by atoms with van der Waals surface area (Å²) < 4.78 is 34.2. The van der Waals surface area contributed by atoms with Crippen LogP contribution >= 0.6 is 0 Å². The van der Waals surface area contributed by atoms with Gasteiger partial charge in [0.15, 0.2) is 9.84 Å². The fourth-order valence-corrected chi connectivity index (χ4v) is 6.54. The highest BCUT2D eigenvalue weighted by atomic mass is 32.2. The molecule has 2 aromatic heterocycles. The van der Waals surface area contributed by atoms with E-state index >= 15 is 0 Å². The molecule has 10 heteroatoms. The molecule has 3 N–H and O–H groups in total. The molecule has 0 radical (unpaired) electrons. The lowest BCUT2D eigenvalue weighted by atomic mass is 9.93. The summed E-state index contributed by atoms with van der Waals surface area (Å²) in [6, 6.07) is 12.2. The molecular formula is C29H33N5O4S. The molecule has 204 valence electrons. The number of rotatable bonds is 7. The number of hydrogen-bond acceptors (Lipinski definition) is 7. The Morgan fingerprint density at radius 1 is 1.13 bits per heavy atom. The second-order valence-electron chi connectivity index (χ2n) is 11.2. The third-order valence-electron chi connectivity index (χ3n) is 6.95. The van der Waals surface area contributed by atoms with Crippen LogP contribution in [0.5, 0.6) is 11.5 Å². The lowest BCUT2D eigenvalue weighted by Crippen LogP contribution is -2.44. The Hall–Kier alpha value is -3.76. The number of sulfone groups is 1. The molecule has 0 unspecified atom stereocenters. The molecular weight excluding hydrogens is 514 g/mol. The predicted molar refractivity (Wildman–Crippen MR) is 151 cm³/mol. The second kappa shape index (κ2) is 10.1. The van der Waals surface area contributed by atoms with Gasteiger partial charge >= 0.3 is 0 Å². The fourth-order valence-electron chi connectivity index (χ4n) is 4.62. The van der Waals surface area contributed by atoms with E-state index in [0.29, 0.717) is 40.9 Å². The maximum atomic E-state index is 13.1. The lowest BCUT2D eigenvalue weighted by Gasteiger charge is -2.31. The van der Waals surface area contributed by atoms with Crippen molar-refractivity contribution in [3.05, 3.63) is 72.2 Å². The largest absolute Gasteiger partial charge is 0.456 e. The summed E-state index contributed by atoms with van der Waals surface area (Å²) in [4.78, 5) is 17.3. The molecule has 1 amide bonds. The zero-order valence-corrected chi connectivity index (χ0v) is 23.3. The van der Waals surface area contributed by atoms with E-state index in [0.717, 1.165) is 11.1 Å². The molecule has 0 atom stereocenters. The number of fused-ring (bicyclic) bond motifs is 1. The SMILES string of the molecule is Cc1cc(CC(=O)Nc2cnn(C(C)(C)C)c2)ccc1Oc1ccnc2ccc(S(=O)(=O)C3CC(N)C3)cc12. The second-order valence-corrected chi connectivity index (χ2v) is 13.4. The van der Waals surface area contributed by atoms with Crippen LogP contribution in [0.25, 0.3) is 10.9 Å². The van der Waals surface area contributed by atoms with Crippen LogP contribution < -0.4 is 15.8 Å². The number of carbonyl (C=O) groups is 1. The smallest absolute Gasteiger partial charge is 0.228 e. The molecule has 0 aliphatic heterocycles. The van der Waals surface area contributed by atoms with Crippen molar-refractivity contribution in [2.75, 3.05) is 5.32 Å². The lowest BCUT2D eigenvalue weighted by molar-refractivity contribution is -0.115. The van der Waals surface area contributed by atoms with Crippen LogP contribution in [0.3, 0.4) is 0 Å². The number of carbonyl (C=O) groups excluding carboxylic acids is 1. The van der Waals surface area contributed by atoms with Crippen LogP contribution in [0.2, 0.25) is 0 Å². The van der Waals surface area contributed by atoms with Crippen molar-refractivity contribution >= 4 is 32.3 Å².